The van der Waals surface area contributed by atoms with Gasteiger partial charge >= 0.3 is 0 Å². The second-order valence-corrected chi connectivity index (χ2v) is 23.7. The van der Waals surface area contributed by atoms with Gasteiger partial charge in [0, 0.05) is 35.9 Å². The van der Waals surface area contributed by atoms with Gasteiger partial charge in [0.2, 0.25) is 0 Å². The topological polar surface area (TPSA) is 14.1 Å². The summed E-state index contributed by atoms with van der Waals surface area (Å²) in [6, 6.07) is 0. The van der Waals surface area contributed by atoms with Crippen molar-refractivity contribution < 1.29 is 20.1 Å². The van der Waals surface area contributed by atoms with Gasteiger partial charge in [-0.25, -0.2) is 5.37 Å². The van der Waals surface area contributed by atoms with Crippen LogP contribution in [0.15, 0.2) is 24.4 Å². The SMILES string of the molecule is C1CCC([PH+](C2CCCCC2)C2CCCCC2)CC1.C1CCC([PH+](C2CCCCC2)C2CCCCC2)CC1.[Ir].[S-]C1C=CC=C[N-]1. The van der Waals surface area contributed by atoms with Crippen LogP contribution in [0.2, 0.25) is 0 Å². The maximum Gasteiger partial charge on any atom is 0.0680 e. The van der Waals surface area contributed by atoms with E-state index in [0.29, 0.717) is 0 Å². The van der Waals surface area contributed by atoms with E-state index in [1.165, 1.54) is 34.0 Å². The molecule has 1 nitrogen and oxygen atoms in total. The Morgan fingerprint density at radius 3 is 0.761 bits per heavy atom. The molecule has 6 aliphatic carbocycles. The Morgan fingerprint density at radius 2 is 0.609 bits per heavy atom. The minimum absolute atomic E-state index is 0. The standard InChI is InChI=1S/2C18H33P.C5H6NS.Ir/c2*1-4-10-16(11-5-1)19(17-12-6-2-7-13-17)18-14-8-3-9-15-18;7-5-3-1-2-4-6-5;/h2*16-18H,1-15H2;1-5,7H;/q;;-1;/p+1. The molecule has 0 aromatic rings. The molecule has 1 unspecified atom stereocenters. The Morgan fingerprint density at radius 1 is 0.370 bits per heavy atom. The summed E-state index contributed by atoms with van der Waals surface area (Å²) in [5.41, 5.74) is 7.36. The number of rotatable bonds is 6. The summed E-state index contributed by atoms with van der Waals surface area (Å²) in [7, 11) is -0.0930. The van der Waals surface area contributed by atoms with Crippen LogP contribution in [-0.4, -0.2) is 39.3 Å². The average molecular weight is 866 g/mol. The molecule has 0 N–H and O–H groups in total. The molecule has 46 heavy (non-hydrogen) atoms. The molecule has 0 aromatic heterocycles. The summed E-state index contributed by atoms with van der Waals surface area (Å²) >= 11 is 4.78. The Balaban J connectivity index is 0.000000170. The van der Waals surface area contributed by atoms with E-state index >= 15 is 0 Å². The van der Waals surface area contributed by atoms with Gasteiger partial charge in [0.1, 0.15) is 0 Å². The maximum atomic E-state index is 4.78. The van der Waals surface area contributed by atoms with Gasteiger partial charge < -0.3 is 17.9 Å². The molecule has 0 aromatic carbocycles. The Hall–Kier alpha value is 1.14. The van der Waals surface area contributed by atoms with E-state index in [-0.39, 0.29) is 41.3 Å². The van der Waals surface area contributed by atoms with Crippen molar-refractivity contribution in [3.8, 4) is 0 Å². The summed E-state index contributed by atoms with van der Waals surface area (Å²) in [6.07, 6.45) is 54.9. The Kier molecular flexibility index (Phi) is 20.5. The van der Waals surface area contributed by atoms with Crippen LogP contribution in [0.1, 0.15) is 193 Å². The fourth-order valence-corrected chi connectivity index (χ4v) is 21.6. The zero-order chi connectivity index (χ0) is 30.9. The minimum Gasteiger partial charge on any atom is -0.805 e. The predicted octanol–water partition coefficient (Wildman–Crippen LogP) is 13.7. The zero-order valence-corrected chi connectivity index (χ0v) is 35.0. The third-order valence-corrected chi connectivity index (χ3v) is 22.6. The molecule has 7 aliphatic rings. The van der Waals surface area contributed by atoms with Crippen LogP contribution in [0.4, 0.5) is 0 Å². The van der Waals surface area contributed by atoms with Gasteiger partial charge in [-0.1, -0.05) is 50.7 Å². The first-order chi connectivity index (χ1) is 22.3. The van der Waals surface area contributed by atoms with Gasteiger partial charge in [0.15, 0.2) is 0 Å². The molecule has 1 radical (unpaired) electrons. The van der Waals surface area contributed by atoms with Crippen molar-refractivity contribution in [3.05, 3.63) is 29.7 Å². The number of allylic oxidation sites excluding steroid dienone is 2. The van der Waals surface area contributed by atoms with Gasteiger partial charge in [-0.3, -0.25) is 0 Å². The van der Waals surface area contributed by atoms with E-state index < -0.39 is 0 Å². The molecule has 1 aliphatic heterocycles. The van der Waals surface area contributed by atoms with Crippen molar-refractivity contribution in [2.24, 2.45) is 0 Å². The van der Waals surface area contributed by atoms with Crippen molar-refractivity contribution in [2.45, 2.75) is 232 Å². The van der Waals surface area contributed by atoms with Gasteiger partial charge in [0.05, 0.1) is 34.0 Å². The Bertz CT molecular complexity index is 677. The number of hydrogen-bond donors (Lipinski definition) is 0. The molecule has 267 valence electrons. The smallest absolute Gasteiger partial charge is 0.0680 e. The van der Waals surface area contributed by atoms with Crippen molar-refractivity contribution in [1.29, 1.82) is 0 Å². The van der Waals surface area contributed by atoms with Crippen molar-refractivity contribution in [2.75, 3.05) is 0 Å². The van der Waals surface area contributed by atoms with Crippen molar-refractivity contribution in [1.82, 2.24) is 0 Å². The van der Waals surface area contributed by atoms with Crippen LogP contribution in [0.25, 0.3) is 5.32 Å². The molecular weight excluding hydrogens is 793 g/mol. The summed E-state index contributed by atoms with van der Waals surface area (Å²) in [4.78, 5) is 0. The summed E-state index contributed by atoms with van der Waals surface area (Å²) < 4.78 is 0. The van der Waals surface area contributed by atoms with E-state index in [0.717, 1.165) is 0 Å². The van der Waals surface area contributed by atoms with Crippen LogP contribution in [0.3, 0.4) is 0 Å². The van der Waals surface area contributed by atoms with E-state index in [2.05, 4.69) is 5.32 Å². The predicted molar refractivity (Wildman–Crippen MR) is 211 cm³/mol. The largest absolute Gasteiger partial charge is 0.805 e. The quantitative estimate of drug-likeness (QED) is 0.192. The summed E-state index contributed by atoms with van der Waals surface area (Å²) in [5, 5.41) is 3.85. The first kappa shape index (κ1) is 39.9. The Labute approximate surface area is 308 Å². The fraction of sp³-hybridized carbons (Fsp3) is 0.902. The number of hydrogen-bond acceptors (Lipinski definition) is 1. The van der Waals surface area contributed by atoms with Gasteiger partial charge in [-0.05, 0) is 154 Å². The van der Waals surface area contributed by atoms with Crippen LogP contribution in [0.5, 0.6) is 0 Å². The van der Waals surface area contributed by atoms with E-state index in [4.69, 9.17) is 12.6 Å². The number of nitrogens with zero attached hydrogens (tertiary/aromatic N) is 1. The van der Waals surface area contributed by atoms with Crippen LogP contribution in [-0.2, 0) is 32.7 Å². The van der Waals surface area contributed by atoms with Gasteiger partial charge in [0.25, 0.3) is 0 Å². The molecule has 0 amide bonds. The molecule has 0 spiro atoms. The van der Waals surface area contributed by atoms with Crippen molar-refractivity contribution >= 4 is 28.5 Å². The van der Waals surface area contributed by atoms with E-state index in [9.17, 15) is 0 Å². The summed E-state index contributed by atoms with van der Waals surface area (Å²) in [6.45, 7) is 0. The third-order valence-electron chi connectivity index (χ3n) is 13.2. The third kappa shape index (κ3) is 13.4. The second kappa shape index (κ2) is 23.6. The first-order valence-corrected chi connectivity index (χ1v) is 24.7. The van der Waals surface area contributed by atoms with E-state index in [1.54, 1.807) is 199 Å². The average Bonchev–Trinajstić information content (AvgIpc) is 3.12. The van der Waals surface area contributed by atoms with Crippen LogP contribution < -0.4 is 0 Å². The molecule has 0 bridgehead atoms. The molecule has 6 saturated carbocycles. The zero-order valence-electron chi connectivity index (χ0n) is 29.8. The van der Waals surface area contributed by atoms with Crippen LogP contribution in [0, 0.1) is 0 Å². The maximum absolute atomic E-state index is 4.78. The molecule has 0 saturated heterocycles. The van der Waals surface area contributed by atoms with Gasteiger partial charge in [-0.2, -0.15) is 6.20 Å². The molecule has 5 heteroatoms. The summed E-state index contributed by atoms with van der Waals surface area (Å²) in [5.74, 6) is 0. The molecule has 6 fully saturated rings. The first-order valence-electron chi connectivity index (χ1n) is 20.7. The molecular formula is C41H73IrNP2S. The van der Waals surface area contributed by atoms with E-state index in [1.807, 2.05) is 18.2 Å². The van der Waals surface area contributed by atoms with Crippen molar-refractivity contribution in [3.63, 3.8) is 0 Å². The van der Waals surface area contributed by atoms with Crippen LogP contribution >= 0.6 is 15.8 Å². The minimum atomic E-state index is -0.0465. The van der Waals surface area contributed by atoms with Gasteiger partial charge in [-0.15, -0.1) is 6.08 Å². The monoisotopic (exact) mass is 866 g/mol. The molecule has 1 atom stereocenters. The second-order valence-electron chi connectivity index (χ2n) is 16.3. The fourth-order valence-electron chi connectivity index (χ4n) is 11.0. The normalized spacial score (nSPS) is 28.0. The molecule has 1 heterocycles. The molecule has 7 rings (SSSR count).